The smallest absolute Gasteiger partial charge is 0.272 e. The summed E-state index contributed by atoms with van der Waals surface area (Å²) in [5.74, 6) is 0.285. The number of amides is 1. The molecule has 0 fully saturated rings. The van der Waals surface area contributed by atoms with Crippen molar-refractivity contribution in [1.29, 1.82) is 0 Å². The standard InChI is InChI=1S/C25H23N3O2S2/c1-17-8-10-18(11-9-17)15-28-24(30)23-20(12-14-31-23)26-25(28)32-16-22(29)27-13-4-6-19-5-2-3-7-21(19)27/h2-3,5,7-12,14H,4,6,13,15-16H2,1H3. The Kier molecular flexibility index (Phi) is 5.85. The SMILES string of the molecule is Cc1ccc(Cn2c(SCC(=O)N3CCCc4ccccc43)nc3ccsc3c2=O)cc1. The molecule has 0 atom stereocenters. The second-order valence-corrected chi connectivity index (χ2v) is 9.83. The molecule has 162 valence electrons. The molecule has 0 saturated heterocycles. The van der Waals surface area contributed by atoms with Gasteiger partial charge in [0.05, 0.1) is 17.8 Å². The first-order chi connectivity index (χ1) is 15.6. The lowest BCUT2D eigenvalue weighted by atomic mass is 10.0. The van der Waals surface area contributed by atoms with Gasteiger partial charge in [-0.15, -0.1) is 11.3 Å². The molecule has 32 heavy (non-hydrogen) atoms. The van der Waals surface area contributed by atoms with Crippen LogP contribution in [0.2, 0.25) is 0 Å². The Bertz CT molecular complexity index is 1340. The Balaban J connectivity index is 1.43. The van der Waals surface area contributed by atoms with Crippen molar-refractivity contribution < 1.29 is 4.79 Å². The first-order valence-corrected chi connectivity index (χ1v) is 12.5. The molecule has 0 unspecified atom stereocenters. The number of thiophene rings is 1. The molecule has 0 radical (unpaired) electrons. The summed E-state index contributed by atoms with van der Waals surface area (Å²) in [5.41, 5.74) is 5.07. The maximum Gasteiger partial charge on any atom is 0.272 e. The number of thioether (sulfide) groups is 1. The molecule has 1 amide bonds. The first kappa shape index (κ1) is 21.0. The van der Waals surface area contributed by atoms with E-state index < -0.39 is 0 Å². The minimum atomic E-state index is -0.0520. The monoisotopic (exact) mass is 461 g/mol. The van der Waals surface area contributed by atoms with E-state index in [0.29, 0.717) is 21.9 Å². The number of hydrogen-bond donors (Lipinski definition) is 0. The van der Waals surface area contributed by atoms with Gasteiger partial charge in [-0.2, -0.15) is 0 Å². The normalized spacial score (nSPS) is 13.3. The topological polar surface area (TPSA) is 55.2 Å². The molecule has 1 aliphatic heterocycles. The molecule has 0 aliphatic carbocycles. The average molecular weight is 462 g/mol. The fourth-order valence-electron chi connectivity index (χ4n) is 4.05. The van der Waals surface area contributed by atoms with Gasteiger partial charge in [0, 0.05) is 12.2 Å². The van der Waals surface area contributed by atoms with Gasteiger partial charge in [-0.3, -0.25) is 14.2 Å². The van der Waals surface area contributed by atoms with Gasteiger partial charge in [-0.1, -0.05) is 59.8 Å². The van der Waals surface area contributed by atoms with E-state index in [1.54, 1.807) is 4.57 Å². The Morgan fingerprint density at radius 2 is 1.94 bits per heavy atom. The number of carbonyl (C=O) groups is 1. The van der Waals surface area contributed by atoms with Gasteiger partial charge >= 0.3 is 0 Å². The first-order valence-electron chi connectivity index (χ1n) is 10.6. The highest BCUT2D eigenvalue weighted by atomic mass is 32.2. The van der Waals surface area contributed by atoms with Crippen molar-refractivity contribution in [2.75, 3.05) is 17.2 Å². The van der Waals surface area contributed by atoms with Crippen LogP contribution in [0, 0.1) is 6.92 Å². The molecular weight excluding hydrogens is 438 g/mol. The van der Waals surface area contributed by atoms with E-state index in [1.807, 2.05) is 65.7 Å². The van der Waals surface area contributed by atoms with Gasteiger partial charge in [-0.05, 0) is 48.4 Å². The number of carbonyl (C=O) groups excluding carboxylic acids is 1. The molecule has 0 bridgehead atoms. The Hall–Kier alpha value is -2.90. The number of para-hydroxylation sites is 1. The predicted octanol–water partition coefficient (Wildman–Crippen LogP) is 4.89. The summed E-state index contributed by atoms with van der Waals surface area (Å²) >= 11 is 2.75. The number of hydrogen-bond acceptors (Lipinski definition) is 5. The van der Waals surface area contributed by atoms with Crippen LogP contribution < -0.4 is 10.5 Å². The van der Waals surface area contributed by atoms with Crippen molar-refractivity contribution >= 4 is 44.9 Å². The van der Waals surface area contributed by atoms with Gasteiger partial charge in [0.1, 0.15) is 4.70 Å². The molecule has 7 heteroatoms. The van der Waals surface area contributed by atoms with Crippen LogP contribution >= 0.6 is 23.1 Å². The molecule has 3 heterocycles. The lowest BCUT2D eigenvalue weighted by Gasteiger charge is -2.29. The van der Waals surface area contributed by atoms with Gasteiger partial charge in [0.15, 0.2) is 5.16 Å². The molecule has 5 nitrogen and oxygen atoms in total. The van der Waals surface area contributed by atoms with Crippen LogP contribution in [0.15, 0.2) is 69.9 Å². The van der Waals surface area contributed by atoms with E-state index in [-0.39, 0.29) is 17.2 Å². The zero-order chi connectivity index (χ0) is 22.1. The van der Waals surface area contributed by atoms with Crippen molar-refractivity contribution in [3.63, 3.8) is 0 Å². The van der Waals surface area contributed by atoms with Crippen molar-refractivity contribution in [1.82, 2.24) is 9.55 Å². The fourth-order valence-corrected chi connectivity index (χ4v) is 5.70. The van der Waals surface area contributed by atoms with Crippen LogP contribution in [0.5, 0.6) is 0 Å². The van der Waals surface area contributed by atoms with Crippen LogP contribution in [0.3, 0.4) is 0 Å². The number of nitrogens with zero attached hydrogens (tertiary/aromatic N) is 3. The third-order valence-corrected chi connectivity index (χ3v) is 7.58. The van der Waals surface area contributed by atoms with Crippen LogP contribution in [-0.2, 0) is 17.8 Å². The number of benzene rings is 2. The van der Waals surface area contributed by atoms with Crippen LogP contribution in [0.1, 0.15) is 23.1 Å². The van der Waals surface area contributed by atoms with Crippen molar-refractivity contribution in [2.24, 2.45) is 0 Å². The molecule has 1 aliphatic rings. The summed E-state index contributed by atoms with van der Waals surface area (Å²) in [6.45, 7) is 3.20. The number of aromatic nitrogens is 2. The van der Waals surface area contributed by atoms with Gasteiger partial charge in [0.2, 0.25) is 5.91 Å². The van der Waals surface area contributed by atoms with E-state index in [9.17, 15) is 9.59 Å². The molecule has 5 rings (SSSR count). The van der Waals surface area contributed by atoms with E-state index in [1.165, 1.54) is 34.2 Å². The lowest BCUT2D eigenvalue weighted by molar-refractivity contribution is -0.116. The number of rotatable bonds is 5. The van der Waals surface area contributed by atoms with E-state index in [2.05, 4.69) is 6.07 Å². The molecule has 4 aromatic rings. The molecule has 2 aromatic heterocycles. The van der Waals surface area contributed by atoms with Crippen LogP contribution in [0.4, 0.5) is 5.69 Å². The highest BCUT2D eigenvalue weighted by Crippen LogP contribution is 2.28. The Labute approximate surface area is 194 Å². The summed E-state index contributed by atoms with van der Waals surface area (Å²) in [7, 11) is 0. The summed E-state index contributed by atoms with van der Waals surface area (Å²) < 4.78 is 2.35. The van der Waals surface area contributed by atoms with E-state index in [4.69, 9.17) is 4.98 Å². The van der Waals surface area contributed by atoms with Crippen LogP contribution in [0.25, 0.3) is 10.2 Å². The summed E-state index contributed by atoms with van der Waals surface area (Å²) in [6, 6.07) is 18.1. The predicted molar refractivity (Wildman–Crippen MR) is 132 cm³/mol. The highest BCUT2D eigenvalue weighted by Gasteiger charge is 2.23. The van der Waals surface area contributed by atoms with E-state index >= 15 is 0 Å². The molecule has 0 N–H and O–H groups in total. The van der Waals surface area contributed by atoms with E-state index in [0.717, 1.165) is 30.6 Å². The lowest BCUT2D eigenvalue weighted by Crippen LogP contribution is -2.36. The zero-order valence-electron chi connectivity index (χ0n) is 17.8. The highest BCUT2D eigenvalue weighted by molar-refractivity contribution is 7.99. The van der Waals surface area contributed by atoms with Crippen molar-refractivity contribution in [3.8, 4) is 0 Å². The third-order valence-electron chi connectivity index (χ3n) is 5.73. The Morgan fingerprint density at radius 1 is 1.12 bits per heavy atom. The fraction of sp³-hybridized carbons (Fsp3) is 0.240. The number of anilines is 1. The molecule has 0 saturated carbocycles. The zero-order valence-corrected chi connectivity index (χ0v) is 19.4. The van der Waals surface area contributed by atoms with Gasteiger partial charge in [-0.25, -0.2) is 4.98 Å². The second-order valence-electron chi connectivity index (χ2n) is 7.97. The molecular formula is C25H23N3O2S2. The maximum absolute atomic E-state index is 13.2. The second kappa shape index (κ2) is 8.92. The average Bonchev–Trinajstić information content (AvgIpc) is 3.29. The largest absolute Gasteiger partial charge is 0.311 e. The number of fused-ring (bicyclic) bond motifs is 2. The third kappa shape index (κ3) is 4.10. The quantitative estimate of drug-likeness (QED) is 0.314. The minimum Gasteiger partial charge on any atom is -0.311 e. The number of aryl methyl sites for hydroxylation is 2. The minimum absolute atomic E-state index is 0.0451. The van der Waals surface area contributed by atoms with Crippen LogP contribution in [-0.4, -0.2) is 27.8 Å². The maximum atomic E-state index is 13.2. The Morgan fingerprint density at radius 3 is 2.78 bits per heavy atom. The molecule has 2 aromatic carbocycles. The van der Waals surface area contributed by atoms with Crippen molar-refractivity contribution in [3.05, 3.63) is 87.0 Å². The van der Waals surface area contributed by atoms with Crippen molar-refractivity contribution in [2.45, 2.75) is 31.5 Å². The summed E-state index contributed by atoms with van der Waals surface area (Å²) in [6.07, 6.45) is 1.96. The van der Waals surface area contributed by atoms with Gasteiger partial charge in [0.25, 0.3) is 5.56 Å². The molecule has 0 spiro atoms. The van der Waals surface area contributed by atoms with Gasteiger partial charge < -0.3 is 4.90 Å². The summed E-state index contributed by atoms with van der Waals surface area (Å²) in [4.78, 5) is 33.0. The summed E-state index contributed by atoms with van der Waals surface area (Å²) in [5, 5.41) is 2.47.